The molecule has 0 fully saturated rings. The van der Waals surface area contributed by atoms with E-state index in [4.69, 9.17) is 0 Å². The lowest BCUT2D eigenvalue weighted by molar-refractivity contribution is 0.0213. The van der Waals surface area contributed by atoms with Crippen molar-refractivity contribution < 1.29 is 9.90 Å². The van der Waals surface area contributed by atoms with Crippen LogP contribution in [0.1, 0.15) is 55.6 Å². The number of aliphatic hydroxyl groups is 1. The Labute approximate surface area is 129 Å². The first kappa shape index (κ1) is 17.1. The van der Waals surface area contributed by atoms with Crippen molar-refractivity contribution in [3.05, 3.63) is 28.0 Å². The van der Waals surface area contributed by atoms with Crippen molar-refractivity contribution >= 4 is 21.8 Å². The number of carbonyl (C=O) groups excluding carboxylic acids is 1. The number of halogens is 1. The normalized spacial score (nSPS) is 11.4. The molecule has 0 spiro atoms. The van der Waals surface area contributed by atoms with Crippen molar-refractivity contribution in [2.75, 3.05) is 6.54 Å². The third-order valence-corrected chi connectivity index (χ3v) is 3.85. The lowest BCUT2D eigenvalue weighted by Crippen LogP contribution is -2.43. The Morgan fingerprint density at radius 1 is 1.35 bits per heavy atom. The zero-order valence-electron chi connectivity index (χ0n) is 12.4. The first-order chi connectivity index (χ1) is 9.41. The molecule has 0 radical (unpaired) electrons. The molecule has 1 heterocycles. The summed E-state index contributed by atoms with van der Waals surface area (Å²) >= 11 is 3.30. The van der Waals surface area contributed by atoms with Crippen LogP contribution in [-0.2, 0) is 0 Å². The number of pyridine rings is 1. The lowest BCUT2D eigenvalue weighted by atomic mass is 9.92. The predicted octanol–water partition coefficient (Wildman–Crippen LogP) is 3.21. The fraction of sp³-hybridized carbons (Fsp3) is 0.600. The van der Waals surface area contributed by atoms with Crippen molar-refractivity contribution in [2.24, 2.45) is 0 Å². The van der Waals surface area contributed by atoms with E-state index >= 15 is 0 Å². The van der Waals surface area contributed by atoms with E-state index in [1.54, 1.807) is 12.1 Å². The van der Waals surface area contributed by atoms with Crippen molar-refractivity contribution in [2.45, 2.75) is 52.1 Å². The van der Waals surface area contributed by atoms with Crippen LogP contribution < -0.4 is 5.32 Å². The molecular weight excluding hydrogens is 320 g/mol. The summed E-state index contributed by atoms with van der Waals surface area (Å²) in [5, 5.41) is 13.3. The number of aryl methyl sites for hydroxylation is 1. The van der Waals surface area contributed by atoms with Gasteiger partial charge in [-0.1, -0.05) is 26.7 Å². The maximum Gasteiger partial charge on any atom is 0.254 e. The van der Waals surface area contributed by atoms with Crippen LogP contribution in [0.5, 0.6) is 0 Å². The minimum Gasteiger partial charge on any atom is -0.388 e. The highest BCUT2D eigenvalue weighted by Gasteiger charge is 2.26. The third-order valence-electron chi connectivity index (χ3n) is 3.24. The van der Waals surface area contributed by atoms with Gasteiger partial charge < -0.3 is 10.4 Å². The molecule has 1 aromatic heterocycles. The third kappa shape index (κ3) is 4.87. The fourth-order valence-electron chi connectivity index (χ4n) is 2.27. The van der Waals surface area contributed by atoms with E-state index in [9.17, 15) is 9.90 Å². The fourth-order valence-corrected chi connectivity index (χ4v) is 2.86. The van der Waals surface area contributed by atoms with E-state index in [-0.39, 0.29) is 12.5 Å². The summed E-state index contributed by atoms with van der Waals surface area (Å²) in [7, 11) is 0. The van der Waals surface area contributed by atoms with Gasteiger partial charge in [0.25, 0.3) is 5.91 Å². The molecule has 0 saturated carbocycles. The maximum atomic E-state index is 12.1. The van der Waals surface area contributed by atoms with E-state index in [1.807, 2.05) is 20.8 Å². The van der Waals surface area contributed by atoms with Crippen molar-refractivity contribution in [1.82, 2.24) is 10.3 Å². The van der Waals surface area contributed by atoms with Crippen LogP contribution in [-0.4, -0.2) is 28.1 Å². The van der Waals surface area contributed by atoms with Gasteiger partial charge in [0.05, 0.1) is 11.2 Å². The summed E-state index contributed by atoms with van der Waals surface area (Å²) in [6.45, 7) is 6.20. The molecule has 0 aliphatic heterocycles. The number of carbonyl (C=O) groups is 1. The topological polar surface area (TPSA) is 62.2 Å². The molecule has 0 aliphatic rings. The Kier molecular flexibility index (Phi) is 6.62. The Hall–Kier alpha value is -0.940. The van der Waals surface area contributed by atoms with Crippen LogP contribution in [0.4, 0.5) is 0 Å². The quantitative estimate of drug-likeness (QED) is 0.748. The molecular formula is C15H23BrN2O2. The number of hydrogen-bond acceptors (Lipinski definition) is 3. The highest BCUT2D eigenvalue weighted by molar-refractivity contribution is 9.10. The summed E-state index contributed by atoms with van der Waals surface area (Å²) in [4.78, 5) is 16.3. The van der Waals surface area contributed by atoms with Gasteiger partial charge in [0.1, 0.15) is 4.60 Å². The van der Waals surface area contributed by atoms with E-state index in [1.165, 1.54) is 0 Å². The van der Waals surface area contributed by atoms with Crippen molar-refractivity contribution in [3.8, 4) is 0 Å². The minimum atomic E-state index is -0.816. The standard InChI is InChI=1S/C15H23BrN2O2/c1-4-8-15(20,9-5-2)10-17-14(19)12-7-6-11(3)18-13(12)16/h6-7,20H,4-5,8-10H2,1-3H3,(H,17,19). The Morgan fingerprint density at radius 3 is 2.45 bits per heavy atom. The van der Waals surface area contributed by atoms with Crippen LogP contribution in [0.3, 0.4) is 0 Å². The van der Waals surface area contributed by atoms with Gasteiger partial charge in [-0.2, -0.15) is 0 Å². The van der Waals surface area contributed by atoms with Crippen LogP contribution in [0.2, 0.25) is 0 Å². The van der Waals surface area contributed by atoms with Crippen molar-refractivity contribution in [3.63, 3.8) is 0 Å². The number of hydrogen-bond donors (Lipinski definition) is 2. The van der Waals surface area contributed by atoms with Gasteiger partial charge in [0.2, 0.25) is 0 Å². The summed E-state index contributed by atoms with van der Waals surface area (Å²) in [6.07, 6.45) is 3.16. The average molecular weight is 343 g/mol. The SMILES string of the molecule is CCCC(O)(CCC)CNC(=O)c1ccc(C)nc1Br. The second-order valence-corrected chi connectivity index (χ2v) is 5.95. The molecule has 0 bridgehead atoms. The van der Waals surface area contributed by atoms with Crippen LogP contribution >= 0.6 is 15.9 Å². The Bertz CT molecular complexity index is 457. The van der Waals surface area contributed by atoms with E-state index in [0.717, 1.165) is 18.5 Å². The highest BCUT2D eigenvalue weighted by Crippen LogP contribution is 2.19. The van der Waals surface area contributed by atoms with Gasteiger partial charge in [-0.3, -0.25) is 4.79 Å². The molecule has 0 atom stereocenters. The number of nitrogens with zero attached hydrogens (tertiary/aromatic N) is 1. The van der Waals surface area contributed by atoms with Gasteiger partial charge in [0, 0.05) is 12.2 Å². The molecule has 0 aromatic carbocycles. The molecule has 0 unspecified atom stereocenters. The van der Waals surface area contributed by atoms with Crippen LogP contribution in [0, 0.1) is 6.92 Å². The predicted molar refractivity (Wildman–Crippen MR) is 83.8 cm³/mol. The second-order valence-electron chi connectivity index (χ2n) is 5.20. The molecule has 20 heavy (non-hydrogen) atoms. The Morgan fingerprint density at radius 2 is 1.95 bits per heavy atom. The summed E-state index contributed by atoms with van der Waals surface area (Å²) in [6, 6.07) is 3.53. The molecule has 1 rings (SSSR count). The Balaban J connectivity index is 2.70. The second kappa shape index (κ2) is 7.74. The van der Waals surface area contributed by atoms with Crippen LogP contribution in [0.25, 0.3) is 0 Å². The number of rotatable bonds is 7. The first-order valence-corrected chi connectivity index (χ1v) is 7.85. The minimum absolute atomic E-state index is 0.213. The monoisotopic (exact) mass is 342 g/mol. The van der Waals surface area contributed by atoms with Gasteiger partial charge in [-0.05, 0) is 47.8 Å². The van der Waals surface area contributed by atoms with Gasteiger partial charge in [-0.25, -0.2) is 4.98 Å². The summed E-state index contributed by atoms with van der Waals surface area (Å²) in [5.74, 6) is -0.213. The highest BCUT2D eigenvalue weighted by atomic mass is 79.9. The molecule has 1 amide bonds. The van der Waals surface area contributed by atoms with Crippen molar-refractivity contribution in [1.29, 1.82) is 0 Å². The van der Waals surface area contributed by atoms with E-state index < -0.39 is 5.60 Å². The number of nitrogens with one attached hydrogen (secondary N) is 1. The molecule has 0 saturated heterocycles. The molecule has 1 aromatic rings. The molecule has 5 heteroatoms. The molecule has 4 nitrogen and oxygen atoms in total. The van der Waals surface area contributed by atoms with E-state index in [0.29, 0.717) is 23.0 Å². The first-order valence-electron chi connectivity index (χ1n) is 7.05. The van der Waals surface area contributed by atoms with Crippen LogP contribution in [0.15, 0.2) is 16.7 Å². The molecule has 112 valence electrons. The lowest BCUT2D eigenvalue weighted by Gasteiger charge is -2.27. The average Bonchev–Trinajstić information content (AvgIpc) is 2.37. The van der Waals surface area contributed by atoms with Gasteiger partial charge in [0.15, 0.2) is 0 Å². The smallest absolute Gasteiger partial charge is 0.254 e. The molecule has 2 N–H and O–H groups in total. The largest absolute Gasteiger partial charge is 0.388 e. The number of amides is 1. The maximum absolute atomic E-state index is 12.1. The summed E-state index contributed by atoms with van der Waals surface area (Å²) in [5.41, 5.74) is 0.525. The molecule has 0 aliphatic carbocycles. The number of aromatic nitrogens is 1. The van der Waals surface area contributed by atoms with E-state index in [2.05, 4.69) is 26.2 Å². The zero-order valence-corrected chi connectivity index (χ0v) is 14.0. The van der Waals surface area contributed by atoms with Gasteiger partial charge >= 0.3 is 0 Å². The van der Waals surface area contributed by atoms with Gasteiger partial charge in [-0.15, -0.1) is 0 Å². The zero-order chi connectivity index (χ0) is 15.2. The summed E-state index contributed by atoms with van der Waals surface area (Å²) < 4.78 is 0.532.